The van der Waals surface area contributed by atoms with Crippen LogP contribution in [0.15, 0.2) is 72.3 Å². The Kier molecular flexibility index (Phi) is 5.53. The Labute approximate surface area is 134 Å². The first kappa shape index (κ1) is 15.6. The number of amides is 1. The predicted molar refractivity (Wildman–Crippen MR) is 89.3 cm³/mol. The lowest BCUT2D eigenvalue weighted by molar-refractivity contribution is -0.112. The van der Waals surface area contributed by atoms with Gasteiger partial charge in [0.2, 0.25) is 0 Å². The zero-order valence-electron chi connectivity index (χ0n) is 11.7. The van der Waals surface area contributed by atoms with Gasteiger partial charge in [-0.3, -0.25) is 4.79 Å². The van der Waals surface area contributed by atoms with E-state index in [1.54, 1.807) is 30.3 Å². The maximum atomic E-state index is 12.0. The van der Waals surface area contributed by atoms with Crippen LogP contribution in [-0.4, -0.2) is 5.91 Å². The third kappa shape index (κ3) is 4.62. The van der Waals surface area contributed by atoms with Gasteiger partial charge in [0.25, 0.3) is 5.91 Å². The third-order valence-electron chi connectivity index (χ3n) is 2.82. The van der Waals surface area contributed by atoms with Crippen molar-refractivity contribution in [3.63, 3.8) is 0 Å². The fraction of sp³-hybridized carbons (Fsp3) is 0. The number of halogens is 1. The molecule has 0 aromatic heterocycles. The Morgan fingerprint density at radius 3 is 2.41 bits per heavy atom. The predicted octanol–water partition coefficient (Wildman–Crippen LogP) is 4.44. The molecule has 0 saturated heterocycles. The monoisotopic (exact) mass is 308 g/mol. The van der Waals surface area contributed by atoms with Gasteiger partial charge in [-0.2, -0.15) is 5.26 Å². The van der Waals surface area contributed by atoms with Gasteiger partial charge in [0.05, 0.1) is 0 Å². The topological polar surface area (TPSA) is 52.9 Å². The quantitative estimate of drug-likeness (QED) is 0.515. The number of hydrogen-bond acceptors (Lipinski definition) is 2. The molecule has 0 aliphatic rings. The standard InChI is InChI=1S/C18H13ClN2O/c19-16-9-11-17(12-10-16)21-18(22)15(13-20)8-4-7-14-5-2-1-3-6-14/h1-12H,(H,21,22)/b7-4+,15-8-. The second-order valence-electron chi connectivity index (χ2n) is 4.42. The van der Waals surface area contributed by atoms with E-state index in [1.807, 2.05) is 42.5 Å². The zero-order valence-corrected chi connectivity index (χ0v) is 12.4. The van der Waals surface area contributed by atoms with Crippen molar-refractivity contribution in [2.75, 3.05) is 5.32 Å². The van der Waals surface area contributed by atoms with Crippen molar-refractivity contribution in [1.82, 2.24) is 0 Å². The van der Waals surface area contributed by atoms with E-state index >= 15 is 0 Å². The molecule has 0 atom stereocenters. The van der Waals surface area contributed by atoms with Gasteiger partial charge in [-0.25, -0.2) is 0 Å². The van der Waals surface area contributed by atoms with E-state index in [0.29, 0.717) is 10.7 Å². The smallest absolute Gasteiger partial charge is 0.266 e. The first-order valence-corrected chi connectivity index (χ1v) is 6.97. The summed E-state index contributed by atoms with van der Waals surface area (Å²) >= 11 is 5.78. The Morgan fingerprint density at radius 2 is 1.77 bits per heavy atom. The molecule has 2 aromatic rings. The number of nitrogens with zero attached hydrogens (tertiary/aromatic N) is 1. The van der Waals surface area contributed by atoms with Crippen LogP contribution in [0.2, 0.25) is 5.02 Å². The van der Waals surface area contributed by atoms with Gasteiger partial charge in [0, 0.05) is 10.7 Å². The lowest BCUT2D eigenvalue weighted by Gasteiger charge is -2.03. The lowest BCUT2D eigenvalue weighted by Crippen LogP contribution is -2.13. The summed E-state index contributed by atoms with van der Waals surface area (Å²) in [6.07, 6.45) is 4.99. The second-order valence-corrected chi connectivity index (χ2v) is 4.86. The minimum atomic E-state index is -0.456. The second kappa shape index (κ2) is 7.82. The van der Waals surface area contributed by atoms with Crippen molar-refractivity contribution >= 4 is 29.3 Å². The summed E-state index contributed by atoms with van der Waals surface area (Å²) in [5, 5.41) is 12.3. The Balaban J connectivity index is 2.05. The van der Waals surface area contributed by atoms with Crippen LogP contribution in [0.3, 0.4) is 0 Å². The van der Waals surface area contributed by atoms with Gasteiger partial charge in [0.15, 0.2) is 0 Å². The summed E-state index contributed by atoms with van der Waals surface area (Å²) in [5.41, 5.74) is 1.61. The molecule has 0 saturated carbocycles. The first-order valence-electron chi connectivity index (χ1n) is 6.59. The molecule has 3 nitrogen and oxygen atoms in total. The summed E-state index contributed by atoms with van der Waals surface area (Å²) in [5.74, 6) is -0.456. The van der Waals surface area contributed by atoms with Crippen LogP contribution >= 0.6 is 11.6 Å². The molecule has 0 fully saturated rings. The van der Waals surface area contributed by atoms with Crippen LogP contribution in [0.5, 0.6) is 0 Å². The Morgan fingerprint density at radius 1 is 1.09 bits per heavy atom. The molecule has 2 aromatic carbocycles. The van der Waals surface area contributed by atoms with Crippen molar-refractivity contribution in [3.8, 4) is 6.07 Å². The van der Waals surface area contributed by atoms with Gasteiger partial charge < -0.3 is 5.32 Å². The maximum absolute atomic E-state index is 12.0. The highest BCUT2D eigenvalue weighted by Gasteiger charge is 2.07. The average molecular weight is 309 g/mol. The molecule has 1 N–H and O–H groups in total. The van der Waals surface area contributed by atoms with Crippen LogP contribution in [-0.2, 0) is 4.79 Å². The first-order chi connectivity index (χ1) is 10.7. The fourth-order valence-corrected chi connectivity index (χ4v) is 1.84. The van der Waals surface area contributed by atoms with Crippen molar-refractivity contribution in [2.24, 2.45) is 0 Å². The molecular weight excluding hydrogens is 296 g/mol. The van der Waals surface area contributed by atoms with E-state index in [9.17, 15) is 4.79 Å². The van der Waals surface area contributed by atoms with E-state index in [0.717, 1.165) is 5.56 Å². The molecule has 0 unspecified atom stereocenters. The number of nitriles is 1. The molecule has 2 rings (SSSR count). The highest BCUT2D eigenvalue weighted by Crippen LogP contribution is 2.14. The number of hydrogen-bond donors (Lipinski definition) is 1. The lowest BCUT2D eigenvalue weighted by atomic mass is 10.2. The van der Waals surface area contributed by atoms with E-state index in [4.69, 9.17) is 16.9 Å². The average Bonchev–Trinajstić information content (AvgIpc) is 2.54. The molecule has 0 heterocycles. The number of carbonyl (C=O) groups excluding carboxylic acids is 1. The van der Waals surface area contributed by atoms with Gasteiger partial charge in [-0.05, 0) is 35.9 Å². The molecule has 4 heteroatoms. The normalized spacial score (nSPS) is 11.2. The molecule has 108 valence electrons. The van der Waals surface area contributed by atoms with Crippen molar-refractivity contribution in [1.29, 1.82) is 5.26 Å². The number of nitrogens with one attached hydrogen (secondary N) is 1. The molecule has 0 spiro atoms. The van der Waals surface area contributed by atoms with Crippen LogP contribution in [0.1, 0.15) is 5.56 Å². The maximum Gasteiger partial charge on any atom is 0.266 e. The third-order valence-corrected chi connectivity index (χ3v) is 3.07. The molecule has 22 heavy (non-hydrogen) atoms. The molecule has 0 bridgehead atoms. The van der Waals surface area contributed by atoms with Gasteiger partial charge in [0.1, 0.15) is 11.6 Å². The molecule has 0 aliphatic heterocycles. The fourth-order valence-electron chi connectivity index (χ4n) is 1.71. The minimum absolute atomic E-state index is 0.0298. The Bertz CT molecular complexity index is 741. The highest BCUT2D eigenvalue weighted by atomic mass is 35.5. The van der Waals surface area contributed by atoms with Crippen LogP contribution in [0.4, 0.5) is 5.69 Å². The van der Waals surface area contributed by atoms with Gasteiger partial charge in [-0.15, -0.1) is 0 Å². The molecule has 1 amide bonds. The summed E-state index contributed by atoms with van der Waals surface area (Å²) in [7, 11) is 0. The molecule has 0 radical (unpaired) electrons. The van der Waals surface area contributed by atoms with Crippen molar-refractivity contribution in [2.45, 2.75) is 0 Å². The number of allylic oxidation sites excluding steroid dienone is 2. The number of carbonyl (C=O) groups is 1. The SMILES string of the molecule is N#C/C(=C/C=C/c1ccccc1)C(=O)Nc1ccc(Cl)cc1. The van der Waals surface area contributed by atoms with Crippen LogP contribution in [0.25, 0.3) is 6.08 Å². The molecular formula is C18H13ClN2O. The molecule has 0 aliphatic carbocycles. The number of benzene rings is 2. The number of anilines is 1. The highest BCUT2D eigenvalue weighted by molar-refractivity contribution is 6.30. The zero-order chi connectivity index (χ0) is 15.8. The van der Waals surface area contributed by atoms with Gasteiger partial charge in [-0.1, -0.05) is 54.1 Å². The number of rotatable bonds is 4. The summed E-state index contributed by atoms with van der Waals surface area (Å²) in [6.45, 7) is 0. The Hall–Kier alpha value is -2.83. The largest absolute Gasteiger partial charge is 0.321 e. The summed E-state index contributed by atoms with van der Waals surface area (Å²) in [4.78, 5) is 12.0. The van der Waals surface area contributed by atoms with Crippen molar-refractivity contribution in [3.05, 3.63) is 82.9 Å². The van der Waals surface area contributed by atoms with Crippen LogP contribution in [0, 0.1) is 11.3 Å². The van der Waals surface area contributed by atoms with E-state index in [-0.39, 0.29) is 5.57 Å². The van der Waals surface area contributed by atoms with E-state index in [1.165, 1.54) is 6.08 Å². The minimum Gasteiger partial charge on any atom is -0.321 e. The summed E-state index contributed by atoms with van der Waals surface area (Å²) in [6, 6.07) is 18.2. The van der Waals surface area contributed by atoms with E-state index < -0.39 is 5.91 Å². The van der Waals surface area contributed by atoms with E-state index in [2.05, 4.69) is 5.32 Å². The van der Waals surface area contributed by atoms with Crippen molar-refractivity contribution < 1.29 is 4.79 Å². The summed E-state index contributed by atoms with van der Waals surface area (Å²) < 4.78 is 0. The van der Waals surface area contributed by atoms with Crippen LogP contribution < -0.4 is 5.32 Å². The van der Waals surface area contributed by atoms with Gasteiger partial charge >= 0.3 is 0 Å².